The summed E-state index contributed by atoms with van der Waals surface area (Å²) >= 11 is 5.99. The van der Waals surface area contributed by atoms with Crippen molar-refractivity contribution in [3.63, 3.8) is 0 Å². The summed E-state index contributed by atoms with van der Waals surface area (Å²) in [5.74, 6) is 0.784. The number of amides is 3. The van der Waals surface area contributed by atoms with E-state index in [9.17, 15) is 9.59 Å². The van der Waals surface area contributed by atoms with Crippen LogP contribution in [0.3, 0.4) is 0 Å². The van der Waals surface area contributed by atoms with E-state index >= 15 is 0 Å². The van der Waals surface area contributed by atoms with E-state index in [1.165, 1.54) is 0 Å². The molecule has 0 saturated carbocycles. The predicted octanol–water partition coefficient (Wildman–Crippen LogP) is 3.24. The normalized spacial score (nSPS) is 12.1. The maximum absolute atomic E-state index is 12.2. The highest BCUT2D eigenvalue weighted by atomic mass is 35.5. The van der Waals surface area contributed by atoms with Crippen molar-refractivity contribution in [3.05, 3.63) is 53.1 Å². The molecule has 8 heteroatoms. The number of carbonyl (C=O) groups is 2. The number of urea groups is 1. The van der Waals surface area contributed by atoms with Crippen molar-refractivity contribution in [2.45, 2.75) is 13.5 Å². The second-order valence-corrected chi connectivity index (χ2v) is 6.44. The van der Waals surface area contributed by atoms with Gasteiger partial charge in [0.25, 0.3) is 0 Å². The molecule has 0 radical (unpaired) electrons. The van der Waals surface area contributed by atoms with Crippen LogP contribution in [-0.4, -0.2) is 36.7 Å². The van der Waals surface area contributed by atoms with Gasteiger partial charge < -0.3 is 14.8 Å². The van der Waals surface area contributed by atoms with Crippen LogP contribution in [0.25, 0.3) is 0 Å². The number of halogens is 1. The standard InChI is InChI=1S/C19H20ClN3O4/c1-2-23(10-13-4-3-5-14(20)8-13)11-18(24)22-19(25)21-15-6-7-16-17(9-15)27-12-26-16/h3-9H,2,10-12H2,1H3,(H2,21,22,24,25). The van der Waals surface area contributed by atoms with Gasteiger partial charge in [0.1, 0.15) is 0 Å². The van der Waals surface area contributed by atoms with Crippen molar-refractivity contribution >= 4 is 29.2 Å². The fraction of sp³-hybridized carbons (Fsp3) is 0.263. The third kappa shape index (κ3) is 5.35. The summed E-state index contributed by atoms with van der Waals surface area (Å²) in [5, 5.41) is 5.59. The minimum atomic E-state index is -0.599. The molecule has 27 heavy (non-hydrogen) atoms. The topological polar surface area (TPSA) is 79.9 Å². The van der Waals surface area contributed by atoms with Crippen molar-refractivity contribution in [1.29, 1.82) is 0 Å². The van der Waals surface area contributed by atoms with E-state index in [4.69, 9.17) is 21.1 Å². The summed E-state index contributed by atoms with van der Waals surface area (Å²) in [6.45, 7) is 3.42. The molecule has 0 aliphatic carbocycles. The number of hydrogen-bond acceptors (Lipinski definition) is 5. The molecule has 2 N–H and O–H groups in total. The molecule has 0 saturated heterocycles. The smallest absolute Gasteiger partial charge is 0.325 e. The largest absolute Gasteiger partial charge is 0.454 e. The Hall–Kier alpha value is -2.77. The van der Waals surface area contributed by atoms with E-state index in [2.05, 4.69) is 10.6 Å². The van der Waals surface area contributed by atoms with E-state index in [1.54, 1.807) is 24.3 Å². The Labute approximate surface area is 162 Å². The first-order valence-electron chi connectivity index (χ1n) is 8.51. The van der Waals surface area contributed by atoms with E-state index in [0.717, 1.165) is 5.56 Å². The molecule has 7 nitrogen and oxygen atoms in total. The molecule has 0 unspecified atom stereocenters. The van der Waals surface area contributed by atoms with E-state index in [1.807, 2.05) is 30.0 Å². The highest BCUT2D eigenvalue weighted by Crippen LogP contribution is 2.34. The van der Waals surface area contributed by atoms with Gasteiger partial charge >= 0.3 is 6.03 Å². The highest BCUT2D eigenvalue weighted by Gasteiger charge is 2.16. The zero-order valence-electron chi connectivity index (χ0n) is 14.8. The third-order valence-corrected chi connectivity index (χ3v) is 4.23. The Morgan fingerprint density at radius 1 is 1.15 bits per heavy atom. The minimum absolute atomic E-state index is 0.0948. The SMILES string of the molecule is CCN(CC(=O)NC(=O)Nc1ccc2c(c1)OCO2)Cc1cccc(Cl)c1. The summed E-state index contributed by atoms with van der Waals surface area (Å²) in [6.07, 6.45) is 0. The van der Waals surface area contributed by atoms with Crippen LogP contribution in [0.5, 0.6) is 11.5 Å². The van der Waals surface area contributed by atoms with Gasteiger partial charge in [0, 0.05) is 23.3 Å². The summed E-state index contributed by atoms with van der Waals surface area (Å²) in [4.78, 5) is 26.1. The van der Waals surface area contributed by atoms with E-state index in [0.29, 0.717) is 35.3 Å². The molecule has 0 fully saturated rings. The van der Waals surface area contributed by atoms with E-state index < -0.39 is 11.9 Å². The van der Waals surface area contributed by atoms with Crippen molar-refractivity contribution in [2.75, 3.05) is 25.2 Å². The summed E-state index contributed by atoms with van der Waals surface area (Å²) in [6, 6.07) is 11.9. The Bertz CT molecular complexity index is 843. The average Bonchev–Trinajstić information content (AvgIpc) is 3.08. The molecule has 0 bridgehead atoms. The number of ether oxygens (including phenoxy) is 2. The number of hydrogen-bond donors (Lipinski definition) is 2. The van der Waals surface area contributed by atoms with Gasteiger partial charge in [0.05, 0.1) is 6.54 Å². The first kappa shape index (κ1) is 19.0. The molecular formula is C19H20ClN3O4. The second kappa shape index (κ2) is 8.75. The van der Waals surface area contributed by atoms with Gasteiger partial charge in [-0.15, -0.1) is 0 Å². The fourth-order valence-corrected chi connectivity index (χ4v) is 2.89. The maximum atomic E-state index is 12.2. The number of carbonyl (C=O) groups excluding carboxylic acids is 2. The number of imide groups is 1. The van der Waals surface area contributed by atoms with Crippen LogP contribution in [0.4, 0.5) is 10.5 Å². The molecule has 2 aromatic carbocycles. The number of nitrogens with zero attached hydrogens (tertiary/aromatic N) is 1. The Morgan fingerprint density at radius 2 is 1.96 bits per heavy atom. The Balaban J connectivity index is 1.50. The summed E-state index contributed by atoms with van der Waals surface area (Å²) < 4.78 is 10.5. The lowest BCUT2D eigenvalue weighted by atomic mass is 10.2. The first-order chi connectivity index (χ1) is 13.0. The number of anilines is 1. The lowest BCUT2D eigenvalue weighted by Crippen LogP contribution is -2.41. The molecule has 0 aromatic heterocycles. The van der Waals surface area contributed by atoms with Gasteiger partial charge in [-0.3, -0.25) is 15.0 Å². The van der Waals surface area contributed by atoms with Gasteiger partial charge in [-0.05, 0) is 36.4 Å². The summed E-state index contributed by atoms with van der Waals surface area (Å²) in [7, 11) is 0. The zero-order valence-corrected chi connectivity index (χ0v) is 15.6. The molecule has 3 amide bonds. The Morgan fingerprint density at radius 3 is 2.74 bits per heavy atom. The quantitative estimate of drug-likeness (QED) is 0.792. The van der Waals surface area contributed by atoms with Crippen molar-refractivity contribution in [3.8, 4) is 11.5 Å². The number of nitrogens with one attached hydrogen (secondary N) is 2. The molecule has 0 spiro atoms. The molecule has 3 rings (SSSR count). The number of likely N-dealkylation sites (N-methyl/N-ethyl adjacent to an activating group) is 1. The van der Waals surface area contributed by atoms with Gasteiger partial charge in [-0.1, -0.05) is 30.7 Å². The predicted molar refractivity (Wildman–Crippen MR) is 102 cm³/mol. The fourth-order valence-electron chi connectivity index (χ4n) is 2.68. The molecule has 2 aromatic rings. The van der Waals surface area contributed by atoms with Gasteiger partial charge in [0.2, 0.25) is 12.7 Å². The number of rotatable bonds is 6. The zero-order chi connectivity index (χ0) is 19.2. The molecule has 142 valence electrons. The average molecular weight is 390 g/mol. The van der Waals surface area contributed by atoms with Crippen LogP contribution in [0.1, 0.15) is 12.5 Å². The van der Waals surface area contributed by atoms with Gasteiger partial charge in [0.15, 0.2) is 11.5 Å². The molecule has 1 aliphatic rings. The molecule has 1 heterocycles. The Kier molecular flexibility index (Phi) is 6.16. The van der Waals surface area contributed by atoms with Crippen molar-refractivity contribution < 1.29 is 19.1 Å². The summed E-state index contributed by atoms with van der Waals surface area (Å²) in [5.41, 5.74) is 1.51. The van der Waals surface area contributed by atoms with Crippen LogP contribution in [0.2, 0.25) is 5.02 Å². The van der Waals surface area contributed by atoms with Crippen molar-refractivity contribution in [2.24, 2.45) is 0 Å². The molecule has 0 atom stereocenters. The van der Waals surface area contributed by atoms with Crippen LogP contribution in [0.15, 0.2) is 42.5 Å². The number of benzene rings is 2. The van der Waals surface area contributed by atoms with Crippen LogP contribution >= 0.6 is 11.6 Å². The van der Waals surface area contributed by atoms with Crippen molar-refractivity contribution in [1.82, 2.24) is 10.2 Å². The van der Waals surface area contributed by atoms with Crippen LogP contribution in [0, 0.1) is 0 Å². The number of fused-ring (bicyclic) bond motifs is 1. The van der Waals surface area contributed by atoms with Gasteiger partial charge in [-0.2, -0.15) is 0 Å². The lowest BCUT2D eigenvalue weighted by molar-refractivity contribution is -0.121. The molecular weight excluding hydrogens is 370 g/mol. The molecule has 1 aliphatic heterocycles. The highest BCUT2D eigenvalue weighted by molar-refractivity contribution is 6.30. The second-order valence-electron chi connectivity index (χ2n) is 6.00. The lowest BCUT2D eigenvalue weighted by Gasteiger charge is -2.19. The van der Waals surface area contributed by atoms with E-state index in [-0.39, 0.29) is 13.3 Å². The van der Waals surface area contributed by atoms with Crippen LogP contribution < -0.4 is 20.1 Å². The van der Waals surface area contributed by atoms with Crippen LogP contribution in [-0.2, 0) is 11.3 Å². The minimum Gasteiger partial charge on any atom is -0.454 e. The van der Waals surface area contributed by atoms with Gasteiger partial charge in [-0.25, -0.2) is 4.79 Å². The first-order valence-corrected chi connectivity index (χ1v) is 8.88. The monoisotopic (exact) mass is 389 g/mol. The third-order valence-electron chi connectivity index (χ3n) is 3.99. The maximum Gasteiger partial charge on any atom is 0.325 e.